The Balaban J connectivity index is 2.22. The van der Waals surface area contributed by atoms with Crippen LogP contribution in [0.25, 0.3) is 0 Å². The van der Waals surface area contributed by atoms with Crippen LogP contribution < -0.4 is 15.0 Å². The van der Waals surface area contributed by atoms with Crippen molar-refractivity contribution in [1.82, 2.24) is 5.32 Å². The third kappa shape index (κ3) is 3.35. The predicted molar refractivity (Wildman–Crippen MR) is 81.4 cm³/mol. The first-order chi connectivity index (χ1) is 9.84. The first kappa shape index (κ1) is 15.4. The maximum Gasteiger partial charge on any atom is 0.263 e. The van der Waals surface area contributed by atoms with Crippen LogP contribution in [0, 0.1) is 0 Å². The fourth-order valence-corrected chi connectivity index (χ4v) is 2.17. The molecule has 1 heterocycles. The number of benzene rings is 1. The van der Waals surface area contributed by atoms with Crippen LogP contribution in [0.4, 0.5) is 5.69 Å². The number of para-hydroxylation sites is 2. The molecule has 1 aromatic carbocycles. The summed E-state index contributed by atoms with van der Waals surface area (Å²) in [6.07, 6.45) is 0.132. The normalized spacial score (nSPS) is 17.7. The van der Waals surface area contributed by atoms with E-state index in [1.54, 1.807) is 11.0 Å². The summed E-state index contributed by atoms with van der Waals surface area (Å²) in [5, 5.41) is 2.96. The summed E-state index contributed by atoms with van der Waals surface area (Å²) in [5.41, 5.74) is 0.419. The number of hydrogen-bond acceptors (Lipinski definition) is 3. The molecule has 0 spiro atoms. The quantitative estimate of drug-likeness (QED) is 0.927. The van der Waals surface area contributed by atoms with Gasteiger partial charge in [-0.15, -0.1) is 0 Å². The highest BCUT2D eigenvalue weighted by Crippen LogP contribution is 2.33. The number of fused-ring (bicyclic) bond motifs is 1. The van der Waals surface area contributed by atoms with Crippen LogP contribution in [0.3, 0.4) is 0 Å². The summed E-state index contributed by atoms with van der Waals surface area (Å²) in [6.45, 7) is 7.67. The zero-order valence-corrected chi connectivity index (χ0v) is 13.0. The SMILES string of the molecule is CCC(C)(C)NC(=O)C1CN(C(C)=O)c2ccccc2O1. The predicted octanol–water partition coefficient (Wildman–Crippen LogP) is 2.11. The maximum atomic E-state index is 12.4. The molecule has 0 bridgehead atoms. The van der Waals surface area contributed by atoms with E-state index in [2.05, 4.69) is 5.32 Å². The lowest BCUT2D eigenvalue weighted by Crippen LogP contribution is -2.54. The summed E-state index contributed by atoms with van der Waals surface area (Å²) in [6, 6.07) is 7.27. The molecule has 2 amide bonds. The fraction of sp³-hybridized carbons (Fsp3) is 0.500. The van der Waals surface area contributed by atoms with Crippen LogP contribution in [0.1, 0.15) is 34.1 Å². The van der Waals surface area contributed by atoms with E-state index in [1.165, 1.54) is 6.92 Å². The lowest BCUT2D eigenvalue weighted by atomic mass is 10.0. The highest BCUT2D eigenvalue weighted by molar-refractivity contribution is 5.95. The molecule has 0 fully saturated rings. The average Bonchev–Trinajstić information content (AvgIpc) is 2.45. The number of hydrogen-bond donors (Lipinski definition) is 1. The van der Waals surface area contributed by atoms with Crippen LogP contribution in [0.5, 0.6) is 5.75 Å². The van der Waals surface area contributed by atoms with E-state index >= 15 is 0 Å². The van der Waals surface area contributed by atoms with Crippen molar-refractivity contribution in [2.24, 2.45) is 0 Å². The number of ether oxygens (including phenoxy) is 1. The minimum atomic E-state index is -0.686. The molecule has 1 unspecified atom stereocenters. The van der Waals surface area contributed by atoms with Crippen LogP contribution in [-0.4, -0.2) is 30.0 Å². The van der Waals surface area contributed by atoms with E-state index in [1.807, 2.05) is 39.0 Å². The third-order valence-electron chi connectivity index (χ3n) is 3.79. The summed E-state index contributed by atoms with van der Waals surface area (Å²) in [7, 11) is 0. The first-order valence-electron chi connectivity index (χ1n) is 7.20. The Morgan fingerprint density at radius 2 is 2.05 bits per heavy atom. The lowest BCUT2D eigenvalue weighted by Gasteiger charge is -2.35. The molecule has 1 aliphatic heterocycles. The molecule has 0 saturated carbocycles. The fourth-order valence-electron chi connectivity index (χ4n) is 2.17. The molecular formula is C16H22N2O3. The molecule has 0 aliphatic carbocycles. The second-order valence-electron chi connectivity index (χ2n) is 5.93. The van der Waals surface area contributed by atoms with Crippen molar-refractivity contribution in [3.8, 4) is 5.75 Å². The minimum absolute atomic E-state index is 0.0988. The van der Waals surface area contributed by atoms with E-state index in [4.69, 9.17) is 4.74 Å². The van der Waals surface area contributed by atoms with Crippen LogP contribution in [-0.2, 0) is 9.59 Å². The Kier molecular flexibility index (Phi) is 4.21. The van der Waals surface area contributed by atoms with Crippen molar-refractivity contribution >= 4 is 17.5 Å². The number of amides is 2. The Bertz CT molecular complexity index is 554. The average molecular weight is 290 g/mol. The highest BCUT2D eigenvalue weighted by atomic mass is 16.5. The first-order valence-corrected chi connectivity index (χ1v) is 7.20. The molecule has 21 heavy (non-hydrogen) atoms. The molecule has 1 N–H and O–H groups in total. The van der Waals surface area contributed by atoms with Crippen LogP contribution in [0.15, 0.2) is 24.3 Å². The molecular weight excluding hydrogens is 268 g/mol. The monoisotopic (exact) mass is 290 g/mol. The molecule has 114 valence electrons. The summed E-state index contributed by atoms with van der Waals surface area (Å²) in [4.78, 5) is 25.8. The van der Waals surface area contributed by atoms with Crippen molar-refractivity contribution in [2.45, 2.75) is 45.8 Å². The maximum absolute atomic E-state index is 12.4. The Hall–Kier alpha value is -2.04. The zero-order valence-electron chi connectivity index (χ0n) is 13.0. The van der Waals surface area contributed by atoms with Crippen LogP contribution in [0.2, 0.25) is 0 Å². The van der Waals surface area contributed by atoms with Crippen molar-refractivity contribution in [3.05, 3.63) is 24.3 Å². The smallest absolute Gasteiger partial charge is 0.263 e. The van der Waals surface area contributed by atoms with Gasteiger partial charge in [-0.3, -0.25) is 9.59 Å². The number of anilines is 1. The molecule has 2 rings (SSSR count). The Morgan fingerprint density at radius 3 is 2.67 bits per heavy atom. The summed E-state index contributed by atoms with van der Waals surface area (Å²) in [5.74, 6) is 0.273. The molecule has 5 heteroatoms. The van der Waals surface area contributed by atoms with Gasteiger partial charge in [0.15, 0.2) is 6.10 Å². The molecule has 0 aromatic heterocycles. The van der Waals surface area contributed by atoms with Gasteiger partial charge < -0.3 is 15.0 Å². The van der Waals surface area contributed by atoms with Crippen molar-refractivity contribution < 1.29 is 14.3 Å². The van der Waals surface area contributed by atoms with E-state index in [0.717, 1.165) is 6.42 Å². The van der Waals surface area contributed by atoms with Gasteiger partial charge in [0.05, 0.1) is 12.2 Å². The van der Waals surface area contributed by atoms with E-state index in [9.17, 15) is 9.59 Å². The second-order valence-corrected chi connectivity index (χ2v) is 5.93. The lowest BCUT2D eigenvalue weighted by molar-refractivity contribution is -0.129. The van der Waals surface area contributed by atoms with Crippen LogP contribution >= 0.6 is 0 Å². The Morgan fingerprint density at radius 1 is 1.38 bits per heavy atom. The Labute approximate surface area is 125 Å². The van der Waals surface area contributed by atoms with Gasteiger partial charge in [0, 0.05) is 12.5 Å². The number of nitrogens with zero attached hydrogens (tertiary/aromatic N) is 1. The number of rotatable bonds is 3. The van der Waals surface area contributed by atoms with E-state index < -0.39 is 6.10 Å². The van der Waals surface area contributed by atoms with Gasteiger partial charge in [-0.2, -0.15) is 0 Å². The standard InChI is InChI=1S/C16H22N2O3/c1-5-16(3,4)17-15(20)14-10-18(11(2)19)12-8-6-7-9-13(12)21-14/h6-9,14H,5,10H2,1-4H3,(H,17,20). The summed E-state index contributed by atoms with van der Waals surface area (Å²) < 4.78 is 5.76. The highest BCUT2D eigenvalue weighted by Gasteiger charge is 2.34. The third-order valence-corrected chi connectivity index (χ3v) is 3.79. The summed E-state index contributed by atoms with van der Waals surface area (Å²) >= 11 is 0. The number of carbonyl (C=O) groups is 2. The number of carbonyl (C=O) groups excluding carboxylic acids is 2. The largest absolute Gasteiger partial charge is 0.477 e. The van der Waals surface area contributed by atoms with Crippen molar-refractivity contribution in [1.29, 1.82) is 0 Å². The zero-order chi connectivity index (χ0) is 15.6. The molecule has 5 nitrogen and oxygen atoms in total. The van der Waals surface area contributed by atoms with E-state index in [0.29, 0.717) is 11.4 Å². The van der Waals surface area contributed by atoms with Crippen molar-refractivity contribution in [3.63, 3.8) is 0 Å². The second kappa shape index (κ2) is 5.76. The van der Waals surface area contributed by atoms with Gasteiger partial charge in [0.1, 0.15) is 5.75 Å². The van der Waals surface area contributed by atoms with Crippen molar-refractivity contribution in [2.75, 3.05) is 11.4 Å². The van der Waals surface area contributed by atoms with E-state index in [-0.39, 0.29) is 23.9 Å². The minimum Gasteiger partial charge on any atom is -0.477 e. The van der Waals surface area contributed by atoms with Gasteiger partial charge in [-0.1, -0.05) is 19.1 Å². The van der Waals surface area contributed by atoms with Gasteiger partial charge in [-0.25, -0.2) is 0 Å². The van der Waals surface area contributed by atoms with Gasteiger partial charge in [-0.05, 0) is 32.4 Å². The van der Waals surface area contributed by atoms with Gasteiger partial charge in [0.25, 0.3) is 5.91 Å². The number of nitrogens with one attached hydrogen (secondary N) is 1. The molecule has 1 aliphatic rings. The van der Waals surface area contributed by atoms with Gasteiger partial charge in [0.2, 0.25) is 5.91 Å². The molecule has 1 aromatic rings. The molecule has 0 saturated heterocycles. The topological polar surface area (TPSA) is 58.6 Å². The van der Waals surface area contributed by atoms with Gasteiger partial charge >= 0.3 is 0 Å². The molecule has 0 radical (unpaired) electrons. The molecule has 1 atom stereocenters.